The molecule has 208 valence electrons. The van der Waals surface area contributed by atoms with Crippen LogP contribution in [0, 0.1) is 27.7 Å². The van der Waals surface area contributed by atoms with Gasteiger partial charge in [-0.1, -0.05) is 95.9 Å². The minimum atomic E-state index is 0. The maximum Gasteiger partial charge on any atom is 4.00 e. The van der Waals surface area contributed by atoms with E-state index in [-0.39, 0.29) is 51.0 Å². The van der Waals surface area contributed by atoms with Gasteiger partial charge in [0, 0.05) is 0 Å². The Kier molecular flexibility index (Phi) is 11.4. The van der Waals surface area contributed by atoms with Crippen molar-refractivity contribution in [2.24, 2.45) is 0 Å². The minimum Gasteiger partial charge on any atom is -1.00 e. The zero-order valence-corrected chi connectivity index (χ0v) is 28.2. The SMILES string of the molecule is Cc1cc2c(-c3ccccc3)c(C)ccc2[cH-]1.Cc1ccc(-c2cc3c(-c4ccccc4)c(C)ccc3[cH-]2)o1.[Cl-].[Cl-].[Zr+4]. The summed E-state index contributed by atoms with van der Waals surface area (Å²) in [4.78, 5) is 0. The van der Waals surface area contributed by atoms with E-state index in [9.17, 15) is 0 Å². The smallest absolute Gasteiger partial charge is 1.00 e. The van der Waals surface area contributed by atoms with E-state index in [1.807, 2.05) is 19.1 Å². The molecule has 0 radical (unpaired) electrons. The number of fused-ring (bicyclic) bond motifs is 2. The molecular formula is C38H32Cl2OZr. The predicted molar refractivity (Wildman–Crippen MR) is 167 cm³/mol. The van der Waals surface area contributed by atoms with Crippen molar-refractivity contribution in [3.63, 3.8) is 0 Å². The van der Waals surface area contributed by atoms with Crippen molar-refractivity contribution >= 4 is 21.5 Å². The third kappa shape index (κ3) is 6.73. The van der Waals surface area contributed by atoms with E-state index in [0.717, 1.165) is 17.1 Å². The first-order valence-electron chi connectivity index (χ1n) is 13.5. The van der Waals surface area contributed by atoms with Gasteiger partial charge in [0.2, 0.25) is 0 Å². The summed E-state index contributed by atoms with van der Waals surface area (Å²) >= 11 is 0. The van der Waals surface area contributed by atoms with Crippen LogP contribution in [0.25, 0.3) is 55.1 Å². The molecule has 7 aromatic rings. The summed E-state index contributed by atoms with van der Waals surface area (Å²) in [5.41, 5.74) is 10.4. The summed E-state index contributed by atoms with van der Waals surface area (Å²) in [6, 6.07) is 43.1. The van der Waals surface area contributed by atoms with E-state index >= 15 is 0 Å². The van der Waals surface area contributed by atoms with Crippen molar-refractivity contribution in [3.05, 3.63) is 144 Å². The van der Waals surface area contributed by atoms with Gasteiger partial charge in [-0.3, -0.25) is 0 Å². The summed E-state index contributed by atoms with van der Waals surface area (Å²) in [7, 11) is 0. The fourth-order valence-electron chi connectivity index (χ4n) is 5.64. The van der Waals surface area contributed by atoms with Crippen molar-refractivity contribution in [1.29, 1.82) is 0 Å². The van der Waals surface area contributed by atoms with Crippen LogP contribution in [0.4, 0.5) is 0 Å². The fourth-order valence-corrected chi connectivity index (χ4v) is 5.64. The third-order valence-corrected chi connectivity index (χ3v) is 7.49. The average molecular weight is 667 g/mol. The Labute approximate surface area is 280 Å². The van der Waals surface area contributed by atoms with E-state index in [2.05, 4.69) is 130 Å². The maximum absolute atomic E-state index is 5.77. The standard InChI is InChI=1S/C21H17O.C17H15.2ClH.Zr/c1-14-8-10-17-12-18(20-11-9-15(2)22-20)13-19(17)21(14)16-6-4-3-5-7-16;1-12-10-15-9-8-13(2)17(16(15)11-12)14-6-4-3-5-7-14;;;/h3-13H,1-2H3;3-11H,1-2H3;2*1H;/q2*-1;;;+4/p-2. The van der Waals surface area contributed by atoms with Crippen molar-refractivity contribution in [1.82, 2.24) is 0 Å². The van der Waals surface area contributed by atoms with E-state index < -0.39 is 0 Å². The summed E-state index contributed by atoms with van der Waals surface area (Å²) < 4.78 is 5.77. The molecule has 0 bridgehead atoms. The van der Waals surface area contributed by atoms with Crippen molar-refractivity contribution in [2.45, 2.75) is 27.7 Å². The molecule has 0 fully saturated rings. The van der Waals surface area contributed by atoms with Gasteiger partial charge >= 0.3 is 26.2 Å². The van der Waals surface area contributed by atoms with Gasteiger partial charge in [-0.05, 0) is 49.6 Å². The summed E-state index contributed by atoms with van der Waals surface area (Å²) in [6.07, 6.45) is 0. The molecule has 1 nitrogen and oxygen atoms in total. The van der Waals surface area contributed by atoms with Crippen LogP contribution in [-0.2, 0) is 26.2 Å². The van der Waals surface area contributed by atoms with Crippen LogP contribution in [0.5, 0.6) is 0 Å². The molecule has 0 spiro atoms. The molecule has 1 heterocycles. The Hall–Kier alpha value is -3.16. The second-order valence-corrected chi connectivity index (χ2v) is 10.4. The molecule has 0 aliphatic rings. The monoisotopic (exact) mass is 664 g/mol. The van der Waals surface area contributed by atoms with E-state index in [1.54, 1.807) is 0 Å². The largest absolute Gasteiger partial charge is 4.00 e. The van der Waals surface area contributed by atoms with Gasteiger partial charge in [0.05, 0.1) is 11.5 Å². The van der Waals surface area contributed by atoms with Gasteiger partial charge in [0.25, 0.3) is 0 Å². The van der Waals surface area contributed by atoms with Crippen LogP contribution in [-0.4, -0.2) is 0 Å². The molecule has 0 N–H and O–H groups in total. The van der Waals surface area contributed by atoms with Gasteiger partial charge in [-0.25, -0.2) is 0 Å². The molecule has 0 aliphatic heterocycles. The molecule has 0 amide bonds. The van der Waals surface area contributed by atoms with E-state index in [0.29, 0.717) is 0 Å². The zero-order valence-electron chi connectivity index (χ0n) is 24.2. The molecule has 0 aliphatic carbocycles. The quantitative estimate of drug-likeness (QED) is 0.244. The third-order valence-electron chi connectivity index (χ3n) is 7.49. The Morgan fingerprint density at radius 2 is 1.02 bits per heavy atom. The molecule has 6 aromatic carbocycles. The Balaban J connectivity index is 0.000000221. The number of hydrogen-bond donors (Lipinski definition) is 0. The van der Waals surface area contributed by atoms with Crippen LogP contribution < -0.4 is 24.8 Å². The topological polar surface area (TPSA) is 13.1 Å². The second kappa shape index (κ2) is 14.3. The number of furan rings is 1. The second-order valence-electron chi connectivity index (χ2n) is 10.4. The van der Waals surface area contributed by atoms with Crippen LogP contribution in [0.2, 0.25) is 0 Å². The summed E-state index contributed by atoms with van der Waals surface area (Å²) in [6.45, 7) is 8.49. The maximum atomic E-state index is 5.77. The molecule has 7 rings (SSSR count). The minimum absolute atomic E-state index is 0. The molecule has 0 saturated carbocycles. The van der Waals surface area contributed by atoms with Crippen LogP contribution in [0.3, 0.4) is 0 Å². The molecule has 42 heavy (non-hydrogen) atoms. The van der Waals surface area contributed by atoms with Crippen molar-refractivity contribution in [2.75, 3.05) is 0 Å². The van der Waals surface area contributed by atoms with E-state index in [4.69, 9.17) is 4.42 Å². The van der Waals surface area contributed by atoms with Crippen molar-refractivity contribution in [3.8, 4) is 33.6 Å². The normalized spacial score (nSPS) is 10.3. The van der Waals surface area contributed by atoms with Gasteiger partial charge < -0.3 is 29.2 Å². The van der Waals surface area contributed by atoms with Crippen LogP contribution in [0.1, 0.15) is 22.5 Å². The Morgan fingerprint density at radius 3 is 1.52 bits per heavy atom. The number of hydrogen-bond acceptors (Lipinski definition) is 1. The number of aryl methyl sites for hydroxylation is 4. The number of rotatable bonds is 3. The first-order valence-corrected chi connectivity index (χ1v) is 13.5. The van der Waals surface area contributed by atoms with Gasteiger partial charge in [0.1, 0.15) is 0 Å². The first-order chi connectivity index (χ1) is 19.0. The van der Waals surface area contributed by atoms with Crippen molar-refractivity contribution < 1.29 is 55.4 Å². The molecule has 0 atom stereocenters. The Bertz CT molecular complexity index is 1890. The molecular weight excluding hydrogens is 635 g/mol. The predicted octanol–water partition coefficient (Wildman–Crippen LogP) is 4.95. The summed E-state index contributed by atoms with van der Waals surface area (Å²) in [5.74, 6) is 1.88. The van der Waals surface area contributed by atoms with Gasteiger partial charge in [-0.2, -0.15) is 6.07 Å². The average Bonchev–Trinajstić information content (AvgIpc) is 3.67. The fraction of sp³-hybridized carbons (Fsp3) is 0.105. The van der Waals surface area contributed by atoms with Gasteiger partial charge in [-0.15, -0.1) is 63.5 Å². The van der Waals surface area contributed by atoms with E-state index in [1.165, 1.54) is 60.5 Å². The molecule has 1 aromatic heterocycles. The molecule has 0 saturated heterocycles. The zero-order chi connectivity index (χ0) is 26.9. The van der Waals surface area contributed by atoms with Crippen LogP contribution >= 0.6 is 0 Å². The number of halogens is 2. The molecule has 0 unspecified atom stereocenters. The molecule has 4 heteroatoms. The van der Waals surface area contributed by atoms with Gasteiger partial charge in [0.15, 0.2) is 0 Å². The number of benzene rings is 4. The Morgan fingerprint density at radius 1 is 0.524 bits per heavy atom. The first kappa shape index (κ1) is 33.3. The van der Waals surface area contributed by atoms with Crippen LogP contribution in [0.15, 0.2) is 126 Å². The summed E-state index contributed by atoms with van der Waals surface area (Å²) in [5, 5.41) is 5.25.